The molecule has 0 spiro atoms. The van der Waals surface area contributed by atoms with Crippen molar-refractivity contribution < 1.29 is 14.6 Å². The molecule has 98 valence electrons. The van der Waals surface area contributed by atoms with E-state index in [4.69, 9.17) is 5.11 Å². The molecule has 0 saturated heterocycles. The van der Waals surface area contributed by atoms with Crippen molar-refractivity contribution in [3.05, 3.63) is 42.9 Å². The SMILES string of the molecule is O=c1[nH]c(=O)n([C@H]2C[C@@H](O)C(CO)=C2F)cc1Br. The molecule has 1 heterocycles. The fourth-order valence-electron chi connectivity index (χ4n) is 1.94. The zero-order chi connectivity index (χ0) is 13.4. The van der Waals surface area contributed by atoms with E-state index in [1.165, 1.54) is 6.20 Å². The van der Waals surface area contributed by atoms with E-state index in [2.05, 4.69) is 15.9 Å². The number of aromatic amines is 1. The van der Waals surface area contributed by atoms with Gasteiger partial charge in [-0.3, -0.25) is 14.3 Å². The fraction of sp³-hybridized carbons (Fsp3) is 0.400. The van der Waals surface area contributed by atoms with Crippen LogP contribution in [0.2, 0.25) is 0 Å². The van der Waals surface area contributed by atoms with Crippen LogP contribution in [0.15, 0.2) is 31.7 Å². The quantitative estimate of drug-likeness (QED) is 0.704. The standard InChI is InChI=1S/C10H10BrFN2O4/c11-5-2-14(10(18)13-9(5)17)6-1-7(16)4(3-15)8(6)12/h2,6-7,15-16H,1,3H2,(H,13,17,18)/t6-,7+/m0/s1. The number of H-pyrrole nitrogens is 1. The van der Waals surface area contributed by atoms with E-state index in [0.717, 1.165) is 4.57 Å². The van der Waals surface area contributed by atoms with E-state index in [9.17, 15) is 19.1 Å². The lowest BCUT2D eigenvalue weighted by Gasteiger charge is -2.13. The van der Waals surface area contributed by atoms with Gasteiger partial charge in [0.05, 0.1) is 23.2 Å². The lowest BCUT2D eigenvalue weighted by molar-refractivity contribution is 0.181. The third kappa shape index (κ3) is 2.06. The van der Waals surface area contributed by atoms with Gasteiger partial charge in [-0.05, 0) is 15.9 Å². The van der Waals surface area contributed by atoms with Gasteiger partial charge in [0.2, 0.25) is 0 Å². The van der Waals surface area contributed by atoms with Gasteiger partial charge in [-0.2, -0.15) is 0 Å². The minimum absolute atomic E-state index is 0.0554. The first-order valence-corrected chi connectivity index (χ1v) is 5.93. The molecule has 0 radical (unpaired) electrons. The number of halogens is 2. The molecule has 0 unspecified atom stereocenters. The highest BCUT2D eigenvalue weighted by Gasteiger charge is 2.34. The number of hydrogen-bond acceptors (Lipinski definition) is 4. The second-order valence-electron chi connectivity index (χ2n) is 3.94. The van der Waals surface area contributed by atoms with Gasteiger partial charge < -0.3 is 10.2 Å². The van der Waals surface area contributed by atoms with Gasteiger partial charge in [-0.15, -0.1) is 0 Å². The van der Waals surface area contributed by atoms with E-state index in [1.54, 1.807) is 0 Å². The molecule has 2 rings (SSSR count). The molecule has 0 saturated carbocycles. The first-order chi connectivity index (χ1) is 8.45. The molecular weight excluding hydrogens is 311 g/mol. The Kier molecular flexibility index (Phi) is 3.51. The molecule has 1 aliphatic carbocycles. The summed E-state index contributed by atoms with van der Waals surface area (Å²) >= 11 is 2.94. The van der Waals surface area contributed by atoms with E-state index in [-0.39, 0.29) is 16.5 Å². The van der Waals surface area contributed by atoms with Crippen molar-refractivity contribution in [3.8, 4) is 0 Å². The van der Waals surface area contributed by atoms with E-state index in [0.29, 0.717) is 0 Å². The minimum atomic E-state index is -1.13. The Labute approximate surface area is 109 Å². The summed E-state index contributed by atoms with van der Waals surface area (Å²) in [4.78, 5) is 24.8. The summed E-state index contributed by atoms with van der Waals surface area (Å²) in [6, 6.07) is -1.01. The monoisotopic (exact) mass is 320 g/mol. The van der Waals surface area contributed by atoms with Crippen LogP contribution in [0.5, 0.6) is 0 Å². The molecule has 6 nitrogen and oxygen atoms in total. The number of rotatable bonds is 2. The molecule has 18 heavy (non-hydrogen) atoms. The number of allylic oxidation sites excluding steroid dienone is 1. The summed E-state index contributed by atoms with van der Waals surface area (Å²) in [5.74, 6) is -0.744. The molecule has 0 aromatic carbocycles. The van der Waals surface area contributed by atoms with Gasteiger partial charge in [0, 0.05) is 18.2 Å². The van der Waals surface area contributed by atoms with E-state index < -0.39 is 35.8 Å². The fourth-order valence-corrected chi connectivity index (χ4v) is 2.26. The molecule has 0 fully saturated rings. The lowest BCUT2D eigenvalue weighted by atomic mass is 10.2. The van der Waals surface area contributed by atoms with Crippen molar-refractivity contribution in [1.29, 1.82) is 0 Å². The number of aromatic nitrogens is 2. The highest BCUT2D eigenvalue weighted by Crippen LogP contribution is 2.35. The molecular formula is C10H10BrFN2O4. The molecule has 3 N–H and O–H groups in total. The first kappa shape index (κ1) is 13.2. The van der Waals surface area contributed by atoms with E-state index >= 15 is 0 Å². The van der Waals surface area contributed by atoms with Gasteiger partial charge in [-0.1, -0.05) is 0 Å². The maximum Gasteiger partial charge on any atom is 0.329 e. The Balaban J connectivity index is 2.52. The van der Waals surface area contributed by atoms with Crippen molar-refractivity contribution in [2.75, 3.05) is 6.61 Å². The van der Waals surface area contributed by atoms with Crippen molar-refractivity contribution >= 4 is 15.9 Å². The van der Waals surface area contributed by atoms with Crippen molar-refractivity contribution in [2.45, 2.75) is 18.6 Å². The number of aliphatic hydroxyl groups excluding tert-OH is 2. The summed E-state index contributed by atoms with van der Waals surface area (Å²) in [5.41, 5.74) is -1.51. The highest BCUT2D eigenvalue weighted by atomic mass is 79.9. The summed E-state index contributed by atoms with van der Waals surface area (Å²) in [6.07, 6.45) is -0.0175. The zero-order valence-corrected chi connectivity index (χ0v) is 10.6. The van der Waals surface area contributed by atoms with Crippen LogP contribution in [0.4, 0.5) is 4.39 Å². The average molecular weight is 321 g/mol. The maximum absolute atomic E-state index is 13.9. The smallest absolute Gasteiger partial charge is 0.329 e. The zero-order valence-electron chi connectivity index (χ0n) is 9.06. The van der Waals surface area contributed by atoms with Gasteiger partial charge in [0.25, 0.3) is 5.56 Å². The molecule has 1 aromatic rings. The summed E-state index contributed by atoms with van der Waals surface area (Å²) in [6.45, 7) is -0.608. The maximum atomic E-state index is 13.9. The Hall–Kier alpha value is -1.25. The third-order valence-corrected chi connectivity index (χ3v) is 3.44. The molecule has 0 amide bonds. The van der Waals surface area contributed by atoms with Crippen LogP contribution >= 0.6 is 15.9 Å². The van der Waals surface area contributed by atoms with Crippen LogP contribution < -0.4 is 11.2 Å². The topological polar surface area (TPSA) is 95.3 Å². The normalized spacial score (nSPS) is 23.8. The number of nitrogens with zero attached hydrogens (tertiary/aromatic N) is 1. The summed E-state index contributed by atoms with van der Waals surface area (Å²) < 4.78 is 15.0. The van der Waals surface area contributed by atoms with Gasteiger partial charge in [0.1, 0.15) is 5.83 Å². The largest absolute Gasteiger partial charge is 0.392 e. The first-order valence-electron chi connectivity index (χ1n) is 5.14. The summed E-state index contributed by atoms with van der Waals surface area (Å²) in [7, 11) is 0. The molecule has 8 heteroatoms. The van der Waals surface area contributed by atoms with Crippen molar-refractivity contribution in [2.24, 2.45) is 0 Å². The Bertz CT molecular complexity index is 621. The Morgan fingerprint density at radius 1 is 1.56 bits per heavy atom. The molecule has 0 bridgehead atoms. The number of aliphatic hydroxyl groups is 2. The predicted octanol–water partition coefficient (Wildman–Crippen LogP) is -0.179. The Morgan fingerprint density at radius 3 is 2.78 bits per heavy atom. The van der Waals surface area contributed by atoms with Crippen LogP contribution in [-0.2, 0) is 0 Å². The second kappa shape index (κ2) is 4.79. The van der Waals surface area contributed by atoms with Gasteiger partial charge in [-0.25, -0.2) is 9.18 Å². The van der Waals surface area contributed by atoms with Gasteiger partial charge in [0.15, 0.2) is 0 Å². The number of hydrogen-bond donors (Lipinski definition) is 3. The average Bonchev–Trinajstić information content (AvgIpc) is 2.59. The van der Waals surface area contributed by atoms with Crippen LogP contribution in [0, 0.1) is 0 Å². The highest BCUT2D eigenvalue weighted by molar-refractivity contribution is 9.10. The minimum Gasteiger partial charge on any atom is -0.392 e. The molecule has 0 aliphatic heterocycles. The van der Waals surface area contributed by atoms with Crippen molar-refractivity contribution in [3.63, 3.8) is 0 Å². The van der Waals surface area contributed by atoms with E-state index in [1.807, 2.05) is 4.98 Å². The van der Waals surface area contributed by atoms with Crippen LogP contribution in [0.25, 0.3) is 0 Å². The molecule has 1 aliphatic rings. The third-order valence-electron chi connectivity index (χ3n) is 2.88. The van der Waals surface area contributed by atoms with Gasteiger partial charge >= 0.3 is 5.69 Å². The predicted molar refractivity (Wildman–Crippen MR) is 63.9 cm³/mol. The summed E-state index contributed by atoms with van der Waals surface area (Å²) in [5, 5.41) is 18.5. The lowest BCUT2D eigenvalue weighted by Crippen LogP contribution is -2.32. The van der Waals surface area contributed by atoms with Crippen LogP contribution in [0.3, 0.4) is 0 Å². The Morgan fingerprint density at radius 2 is 2.22 bits per heavy atom. The molecule has 2 atom stereocenters. The number of nitrogens with one attached hydrogen (secondary N) is 1. The van der Waals surface area contributed by atoms with Crippen LogP contribution in [0.1, 0.15) is 12.5 Å². The van der Waals surface area contributed by atoms with Crippen molar-refractivity contribution in [1.82, 2.24) is 9.55 Å². The molecule has 1 aromatic heterocycles. The van der Waals surface area contributed by atoms with Crippen LogP contribution in [-0.4, -0.2) is 32.5 Å². The second-order valence-corrected chi connectivity index (χ2v) is 4.80.